The standard InChI is InChI=1S/C18H20N2O2/c1-22-13-14-4-6-16(7-5-14)18(21)20-12-2-3-17(20)15-8-10-19-11-9-15/h4-11,17H,2-3,12-13H2,1H3/t17-/m1/s1. The zero-order valence-corrected chi connectivity index (χ0v) is 12.7. The van der Waals surface area contributed by atoms with Crippen LogP contribution in [0.25, 0.3) is 0 Å². The summed E-state index contributed by atoms with van der Waals surface area (Å²) >= 11 is 0. The van der Waals surface area contributed by atoms with Crippen LogP contribution < -0.4 is 0 Å². The molecule has 1 aromatic heterocycles. The number of nitrogens with zero attached hydrogens (tertiary/aromatic N) is 2. The van der Waals surface area contributed by atoms with Crippen molar-refractivity contribution in [3.8, 4) is 0 Å². The first-order valence-corrected chi connectivity index (χ1v) is 7.58. The molecule has 0 aliphatic carbocycles. The van der Waals surface area contributed by atoms with E-state index in [1.165, 1.54) is 0 Å². The maximum atomic E-state index is 12.8. The van der Waals surface area contributed by atoms with Crippen LogP contribution in [0.2, 0.25) is 0 Å². The van der Waals surface area contributed by atoms with Gasteiger partial charge in [0.05, 0.1) is 12.6 Å². The highest BCUT2D eigenvalue weighted by Gasteiger charge is 2.30. The molecule has 1 aliphatic heterocycles. The smallest absolute Gasteiger partial charge is 0.254 e. The van der Waals surface area contributed by atoms with Crippen LogP contribution in [0.1, 0.15) is 40.4 Å². The van der Waals surface area contributed by atoms with Gasteiger partial charge in [-0.15, -0.1) is 0 Å². The van der Waals surface area contributed by atoms with Crippen LogP contribution in [0.5, 0.6) is 0 Å². The lowest BCUT2D eigenvalue weighted by Crippen LogP contribution is -2.30. The number of aromatic nitrogens is 1. The molecular formula is C18H20N2O2. The number of carbonyl (C=O) groups is 1. The Morgan fingerprint density at radius 2 is 1.95 bits per heavy atom. The van der Waals surface area contributed by atoms with E-state index >= 15 is 0 Å². The highest BCUT2D eigenvalue weighted by atomic mass is 16.5. The van der Waals surface area contributed by atoms with E-state index < -0.39 is 0 Å². The van der Waals surface area contributed by atoms with Crippen molar-refractivity contribution in [1.29, 1.82) is 0 Å². The van der Waals surface area contributed by atoms with Gasteiger partial charge >= 0.3 is 0 Å². The quantitative estimate of drug-likeness (QED) is 0.870. The van der Waals surface area contributed by atoms with E-state index in [0.29, 0.717) is 6.61 Å². The predicted octanol–water partition coefficient (Wildman–Crippen LogP) is 3.21. The van der Waals surface area contributed by atoms with Crippen molar-refractivity contribution >= 4 is 5.91 Å². The Balaban J connectivity index is 1.78. The number of methoxy groups -OCH3 is 1. The normalized spacial score (nSPS) is 17.7. The topological polar surface area (TPSA) is 42.4 Å². The van der Waals surface area contributed by atoms with Gasteiger partial charge in [-0.3, -0.25) is 9.78 Å². The second-order valence-corrected chi connectivity index (χ2v) is 5.57. The molecule has 0 saturated carbocycles. The second-order valence-electron chi connectivity index (χ2n) is 5.57. The van der Waals surface area contributed by atoms with Crippen molar-refractivity contribution in [2.45, 2.75) is 25.5 Å². The van der Waals surface area contributed by atoms with E-state index in [-0.39, 0.29) is 11.9 Å². The summed E-state index contributed by atoms with van der Waals surface area (Å²) in [7, 11) is 1.67. The lowest BCUT2D eigenvalue weighted by atomic mass is 10.1. The minimum absolute atomic E-state index is 0.100. The first-order chi connectivity index (χ1) is 10.8. The number of hydrogen-bond acceptors (Lipinski definition) is 3. The van der Waals surface area contributed by atoms with Crippen LogP contribution in [0.15, 0.2) is 48.8 Å². The van der Waals surface area contributed by atoms with E-state index in [0.717, 1.165) is 36.1 Å². The van der Waals surface area contributed by atoms with Crippen molar-refractivity contribution in [3.05, 3.63) is 65.5 Å². The van der Waals surface area contributed by atoms with Crippen LogP contribution in [0, 0.1) is 0 Å². The van der Waals surface area contributed by atoms with E-state index in [4.69, 9.17) is 4.74 Å². The van der Waals surface area contributed by atoms with Crippen LogP contribution in [0.3, 0.4) is 0 Å². The molecular weight excluding hydrogens is 276 g/mol. The molecule has 1 saturated heterocycles. The average Bonchev–Trinajstić information content (AvgIpc) is 3.06. The average molecular weight is 296 g/mol. The van der Waals surface area contributed by atoms with Gasteiger partial charge in [0.2, 0.25) is 0 Å². The molecule has 114 valence electrons. The molecule has 0 radical (unpaired) electrons. The largest absolute Gasteiger partial charge is 0.380 e. The fourth-order valence-electron chi connectivity index (χ4n) is 3.02. The second kappa shape index (κ2) is 6.71. The van der Waals surface area contributed by atoms with E-state index in [9.17, 15) is 4.79 Å². The van der Waals surface area contributed by atoms with Gasteiger partial charge in [0, 0.05) is 31.6 Å². The SMILES string of the molecule is COCc1ccc(C(=O)N2CCC[C@@H]2c2ccncc2)cc1. The molecule has 1 aliphatic rings. The van der Waals surface area contributed by atoms with E-state index in [1.54, 1.807) is 19.5 Å². The molecule has 2 heterocycles. The van der Waals surface area contributed by atoms with Gasteiger partial charge in [-0.05, 0) is 48.2 Å². The number of carbonyl (C=O) groups excluding carboxylic acids is 1. The van der Waals surface area contributed by atoms with Gasteiger partial charge in [-0.25, -0.2) is 0 Å². The van der Waals surface area contributed by atoms with Gasteiger partial charge in [0.25, 0.3) is 5.91 Å². The Kier molecular flexibility index (Phi) is 4.49. The molecule has 1 aromatic carbocycles. The van der Waals surface area contributed by atoms with E-state index in [2.05, 4.69) is 4.98 Å². The van der Waals surface area contributed by atoms with Crippen molar-refractivity contribution in [3.63, 3.8) is 0 Å². The first kappa shape index (κ1) is 14.7. The van der Waals surface area contributed by atoms with Crippen LogP contribution in [-0.2, 0) is 11.3 Å². The molecule has 1 amide bonds. The van der Waals surface area contributed by atoms with Crippen molar-refractivity contribution in [2.75, 3.05) is 13.7 Å². The number of likely N-dealkylation sites (tertiary alicyclic amines) is 1. The maximum absolute atomic E-state index is 12.8. The molecule has 0 unspecified atom stereocenters. The molecule has 1 fully saturated rings. The third-order valence-corrected chi connectivity index (χ3v) is 4.12. The first-order valence-electron chi connectivity index (χ1n) is 7.58. The number of ether oxygens (including phenoxy) is 1. The minimum Gasteiger partial charge on any atom is -0.380 e. The predicted molar refractivity (Wildman–Crippen MR) is 84.4 cm³/mol. The van der Waals surface area contributed by atoms with Crippen LogP contribution >= 0.6 is 0 Å². The highest BCUT2D eigenvalue weighted by Crippen LogP contribution is 2.32. The zero-order valence-electron chi connectivity index (χ0n) is 12.7. The van der Waals surface area contributed by atoms with Gasteiger partial charge in [-0.2, -0.15) is 0 Å². The fourth-order valence-corrected chi connectivity index (χ4v) is 3.02. The summed E-state index contributed by atoms with van der Waals surface area (Å²) in [4.78, 5) is 18.8. The summed E-state index contributed by atoms with van der Waals surface area (Å²) in [6.07, 6.45) is 5.63. The molecule has 4 nitrogen and oxygen atoms in total. The van der Waals surface area contributed by atoms with Crippen molar-refractivity contribution in [2.24, 2.45) is 0 Å². The maximum Gasteiger partial charge on any atom is 0.254 e. The van der Waals surface area contributed by atoms with E-state index in [1.807, 2.05) is 41.3 Å². The summed E-state index contributed by atoms with van der Waals surface area (Å²) in [6.45, 7) is 1.38. The lowest BCUT2D eigenvalue weighted by Gasteiger charge is -2.25. The molecule has 2 aromatic rings. The summed E-state index contributed by atoms with van der Waals surface area (Å²) < 4.78 is 5.10. The molecule has 22 heavy (non-hydrogen) atoms. The number of hydrogen-bond donors (Lipinski definition) is 0. The monoisotopic (exact) mass is 296 g/mol. The zero-order chi connectivity index (χ0) is 15.4. The molecule has 3 rings (SSSR count). The van der Waals surface area contributed by atoms with Gasteiger partial charge in [-0.1, -0.05) is 12.1 Å². The highest BCUT2D eigenvalue weighted by molar-refractivity contribution is 5.94. The van der Waals surface area contributed by atoms with Crippen LogP contribution in [-0.4, -0.2) is 29.4 Å². The fraction of sp³-hybridized carbons (Fsp3) is 0.333. The lowest BCUT2D eigenvalue weighted by molar-refractivity contribution is 0.0735. The van der Waals surface area contributed by atoms with Crippen molar-refractivity contribution < 1.29 is 9.53 Å². The Morgan fingerprint density at radius 3 is 2.64 bits per heavy atom. The van der Waals surface area contributed by atoms with Crippen molar-refractivity contribution in [1.82, 2.24) is 9.88 Å². The molecule has 1 atom stereocenters. The summed E-state index contributed by atoms with van der Waals surface area (Å²) in [5, 5.41) is 0. The molecule has 4 heteroatoms. The third-order valence-electron chi connectivity index (χ3n) is 4.12. The summed E-state index contributed by atoms with van der Waals surface area (Å²) in [5.41, 5.74) is 2.98. The molecule has 0 N–H and O–H groups in total. The Hall–Kier alpha value is -2.20. The minimum atomic E-state index is 0.100. The van der Waals surface area contributed by atoms with Gasteiger partial charge < -0.3 is 9.64 Å². The third kappa shape index (κ3) is 3.02. The Labute approximate surface area is 130 Å². The van der Waals surface area contributed by atoms with Gasteiger partial charge in [0.15, 0.2) is 0 Å². The number of benzene rings is 1. The van der Waals surface area contributed by atoms with Crippen LogP contribution in [0.4, 0.5) is 0 Å². The summed E-state index contributed by atoms with van der Waals surface area (Å²) in [6, 6.07) is 11.8. The Bertz CT molecular complexity index is 625. The number of amides is 1. The van der Waals surface area contributed by atoms with Gasteiger partial charge in [0.1, 0.15) is 0 Å². The number of pyridine rings is 1. The Morgan fingerprint density at radius 1 is 1.23 bits per heavy atom. The molecule has 0 spiro atoms. The number of rotatable bonds is 4. The summed E-state index contributed by atoms with van der Waals surface area (Å²) in [5.74, 6) is 0.100. The molecule has 0 bridgehead atoms.